The van der Waals surface area contributed by atoms with Crippen LogP contribution in [0.25, 0.3) is 5.65 Å². The second kappa shape index (κ2) is 9.07. The topological polar surface area (TPSA) is 137 Å². The number of fused-ring (bicyclic) bond motifs is 1. The Morgan fingerprint density at radius 3 is 2.71 bits per heavy atom. The first-order valence-corrected chi connectivity index (χ1v) is 8.99. The first-order chi connectivity index (χ1) is 14.6. The number of carbonyl (C=O) groups excluding carboxylic acids is 2. The van der Waals surface area contributed by atoms with Gasteiger partial charge < -0.3 is 15.4 Å². The molecule has 0 spiro atoms. The van der Waals surface area contributed by atoms with Crippen molar-refractivity contribution in [3.05, 3.63) is 41.1 Å². The maximum Gasteiger partial charge on any atom is 0.414 e. The number of hydrogen-bond donors (Lipinski definition) is 2. The summed E-state index contributed by atoms with van der Waals surface area (Å²) in [7, 11) is 0. The number of nitrogens with one attached hydrogen (secondary N) is 2. The first kappa shape index (κ1) is 22.1. The molecule has 31 heavy (non-hydrogen) atoms. The minimum absolute atomic E-state index is 0.0312. The number of halogens is 3. The Balaban J connectivity index is 1.53. The minimum Gasteiger partial charge on any atom is -0.359 e. The molecule has 2 amide bonds. The van der Waals surface area contributed by atoms with E-state index in [4.69, 9.17) is 0 Å². The third-order valence-corrected chi connectivity index (χ3v) is 4.14. The zero-order valence-corrected chi connectivity index (χ0v) is 16.4. The van der Waals surface area contributed by atoms with Crippen LogP contribution >= 0.6 is 0 Å². The van der Waals surface area contributed by atoms with Crippen LogP contribution in [0.2, 0.25) is 0 Å². The lowest BCUT2D eigenvalue weighted by Gasteiger charge is -2.15. The van der Waals surface area contributed by atoms with E-state index in [2.05, 4.69) is 40.4 Å². The maximum atomic E-state index is 12.4. The van der Waals surface area contributed by atoms with Crippen LogP contribution in [-0.2, 0) is 22.6 Å². The van der Waals surface area contributed by atoms with Crippen molar-refractivity contribution in [3.63, 3.8) is 0 Å². The molecule has 166 valence electrons. The molecule has 0 unspecified atom stereocenters. The van der Waals surface area contributed by atoms with Crippen molar-refractivity contribution in [1.82, 2.24) is 35.5 Å². The highest BCUT2D eigenvalue weighted by atomic mass is 19.4. The number of rotatable bonds is 8. The molecule has 14 heteroatoms. The van der Waals surface area contributed by atoms with Crippen molar-refractivity contribution >= 4 is 17.5 Å². The molecule has 3 rings (SSSR count). The highest BCUT2D eigenvalue weighted by Gasteiger charge is 2.37. The van der Waals surface area contributed by atoms with Gasteiger partial charge in [0.2, 0.25) is 5.91 Å². The van der Waals surface area contributed by atoms with E-state index >= 15 is 0 Å². The van der Waals surface area contributed by atoms with E-state index in [0.717, 1.165) is 6.92 Å². The Bertz CT molecular complexity index is 1080. The SMILES string of the molecule is Cc1nonc1C(=O)NCc1cn2ncc(CNC(=O)CO[C@H](C)C(F)(F)F)cc2n1. The van der Waals surface area contributed by atoms with E-state index in [1.165, 1.54) is 10.7 Å². The quantitative estimate of drug-likeness (QED) is 0.527. The molecule has 0 saturated carbocycles. The Labute approximate surface area is 172 Å². The van der Waals surface area contributed by atoms with Crippen LogP contribution in [0, 0.1) is 6.92 Å². The number of carbonyl (C=O) groups is 2. The molecule has 0 aromatic carbocycles. The van der Waals surface area contributed by atoms with Gasteiger partial charge in [0.15, 0.2) is 17.4 Å². The monoisotopic (exact) mass is 441 g/mol. The molecule has 11 nitrogen and oxygen atoms in total. The summed E-state index contributed by atoms with van der Waals surface area (Å²) in [6.45, 7) is 1.83. The first-order valence-electron chi connectivity index (χ1n) is 8.99. The van der Waals surface area contributed by atoms with Crippen LogP contribution in [0.15, 0.2) is 23.1 Å². The highest BCUT2D eigenvalue weighted by molar-refractivity contribution is 5.92. The molecule has 0 aliphatic heterocycles. The highest BCUT2D eigenvalue weighted by Crippen LogP contribution is 2.22. The summed E-state index contributed by atoms with van der Waals surface area (Å²) in [5, 5.41) is 16.3. The molecule has 0 radical (unpaired) electrons. The van der Waals surface area contributed by atoms with Crippen LogP contribution in [0.1, 0.15) is 34.4 Å². The number of amides is 2. The predicted octanol–water partition coefficient (Wildman–Crippen LogP) is 0.934. The van der Waals surface area contributed by atoms with Crippen molar-refractivity contribution in [2.24, 2.45) is 0 Å². The number of aromatic nitrogens is 5. The van der Waals surface area contributed by atoms with E-state index < -0.39 is 30.7 Å². The molecule has 3 aromatic heterocycles. The van der Waals surface area contributed by atoms with Gasteiger partial charge in [0.25, 0.3) is 5.91 Å². The van der Waals surface area contributed by atoms with Gasteiger partial charge >= 0.3 is 6.18 Å². The van der Waals surface area contributed by atoms with Gasteiger partial charge in [0.05, 0.1) is 24.6 Å². The summed E-state index contributed by atoms with van der Waals surface area (Å²) in [5.41, 5.74) is 1.99. The number of nitrogens with zero attached hydrogens (tertiary/aromatic N) is 5. The normalized spacial score (nSPS) is 12.7. The minimum atomic E-state index is -4.53. The van der Waals surface area contributed by atoms with Gasteiger partial charge in [-0.3, -0.25) is 9.59 Å². The fraction of sp³-hybridized carbons (Fsp3) is 0.412. The van der Waals surface area contributed by atoms with Crippen LogP contribution in [-0.4, -0.2) is 55.6 Å². The van der Waals surface area contributed by atoms with Crippen molar-refractivity contribution in [3.8, 4) is 0 Å². The molecule has 0 bridgehead atoms. The number of aryl methyl sites for hydroxylation is 1. The predicted molar refractivity (Wildman–Crippen MR) is 96.5 cm³/mol. The van der Waals surface area contributed by atoms with Gasteiger partial charge in [-0.1, -0.05) is 5.16 Å². The summed E-state index contributed by atoms with van der Waals surface area (Å²) >= 11 is 0. The van der Waals surface area contributed by atoms with Gasteiger partial charge in [-0.05, 0) is 30.6 Å². The van der Waals surface area contributed by atoms with Gasteiger partial charge in [-0.15, -0.1) is 0 Å². The lowest BCUT2D eigenvalue weighted by Crippen LogP contribution is -2.34. The molecule has 0 fully saturated rings. The van der Waals surface area contributed by atoms with Gasteiger partial charge in [0, 0.05) is 6.54 Å². The lowest BCUT2D eigenvalue weighted by molar-refractivity contribution is -0.213. The lowest BCUT2D eigenvalue weighted by atomic mass is 10.3. The van der Waals surface area contributed by atoms with Crippen molar-refractivity contribution in [2.45, 2.75) is 39.2 Å². The van der Waals surface area contributed by atoms with E-state index in [1.807, 2.05) is 0 Å². The third kappa shape index (κ3) is 5.75. The Hall–Kier alpha value is -3.55. The van der Waals surface area contributed by atoms with Crippen LogP contribution < -0.4 is 10.6 Å². The van der Waals surface area contributed by atoms with Crippen molar-refractivity contribution in [1.29, 1.82) is 0 Å². The molecule has 0 aliphatic rings. The number of imidazole rings is 1. The van der Waals surface area contributed by atoms with Gasteiger partial charge in [0.1, 0.15) is 12.3 Å². The average Bonchev–Trinajstić information content (AvgIpc) is 3.33. The van der Waals surface area contributed by atoms with Gasteiger partial charge in [-0.2, -0.15) is 18.3 Å². The number of ether oxygens (including phenoxy) is 1. The molecule has 3 heterocycles. The van der Waals surface area contributed by atoms with E-state index in [9.17, 15) is 22.8 Å². The van der Waals surface area contributed by atoms with Crippen molar-refractivity contribution < 1.29 is 32.1 Å². The fourth-order valence-corrected chi connectivity index (χ4v) is 2.39. The summed E-state index contributed by atoms with van der Waals surface area (Å²) in [5.74, 6) is -1.16. The summed E-state index contributed by atoms with van der Waals surface area (Å²) < 4.78 is 47.6. The summed E-state index contributed by atoms with van der Waals surface area (Å²) in [6.07, 6.45) is -3.48. The number of alkyl halides is 3. The van der Waals surface area contributed by atoms with Crippen LogP contribution in [0.5, 0.6) is 0 Å². The molecular weight excluding hydrogens is 423 g/mol. The molecule has 3 aromatic rings. The second-order valence-electron chi connectivity index (χ2n) is 6.55. The molecule has 1 atom stereocenters. The van der Waals surface area contributed by atoms with Gasteiger partial charge in [-0.25, -0.2) is 14.1 Å². The Kier molecular flexibility index (Phi) is 6.48. The van der Waals surface area contributed by atoms with E-state index in [0.29, 0.717) is 22.6 Å². The fourth-order valence-electron chi connectivity index (χ4n) is 2.39. The van der Waals surface area contributed by atoms with Crippen molar-refractivity contribution in [2.75, 3.05) is 6.61 Å². The average molecular weight is 441 g/mol. The molecule has 0 aliphatic carbocycles. The standard InChI is InChI=1S/C17H18F3N7O4/c1-9-15(26-31-25-9)16(29)22-6-12-7-27-13(24-12)3-11(5-23-27)4-21-14(28)8-30-10(2)17(18,19)20/h3,5,7,10H,4,6,8H2,1-2H3,(H,21,28)(H,22,29)/t10-/m1/s1. The third-order valence-electron chi connectivity index (χ3n) is 4.14. The molecular formula is C17H18F3N7O4. The van der Waals surface area contributed by atoms with Crippen LogP contribution in [0.4, 0.5) is 13.2 Å². The summed E-state index contributed by atoms with van der Waals surface area (Å²) in [6, 6.07) is 1.64. The summed E-state index contributed by atoms with van der Waals surface area (Å²) in [4.78, 5) is 28.0. The Morgan fingerprint density at radius 1 is 1.26 bits per heavy atom. The van der Waals surface area contributed by atoms with E-state index in [1.54, 1.807) is 19.2 Å². The molecule has 0 saturated heterocycles. The smallest absolute Gasteiger partial charge is 0.359 e. The maximum absolute atomic E-state index is 12.4. The van der Waals surface area contributed by atoms with Crippen LogP contribution in [0.3, 0.4) is 0 Å². The second-order valence-corrected chi connectivity index (χ2v) is 6.55. The van der Waals surface area contributed by atoms with E-state index in [-0.39, 0.29) is 18.8 Å². The molecule has 2 N–H and O–H groups in total. The largest absolute Gasteiger partial charge is 0.414 e. The Morgan fingerprint density at radius 2 is 2.03 bits per heavy atom. The number of hydrogen-bond acceptors (Lipinski definition) is 8. The zero-order chi connectivity index (χ0) is 22.6. The zero-order valence-electron chi connectivity index (χ0n) is 16.4.